The molecular weight excluding hydrogens is 200 g/mol. The molecule has 0 radical (unpaired) electrons. The summed E-state index contributed by atoms with van der Waals surface area (Å²) in [7, 11) is 0. The number of nitrogens with two attached hydrogens (primary N) is 1. The van der Waals surface area contributed by atoms with Crippen molar-refractivity contribution in [2.45, 2.75) is 32.9 Å². The molecular formula is C9H18N2O4. The van der Waals surface area contributed by atoms with E-state index < -0.39 is 29.4 Å². The molecule has 0 unspecified atom stereocenters. The molecule has 0 aliphatic carbocycles. The lowest BCUT2D eigenvalue weighted by Gasteiger charge is -2.26. The zero-order valence-electron chi connectivity index (χ0n) is 9.15. The number of carboxylic acid groups (broad SMARTS) is 1. The molecule has 0 aromatic carbocycles. The van der Waals surface area contributed by atoms with Gasteiger partial charge in [0.1, 0.15) is 0 Å². The number of nitrogens with one attached hydrogen (secondary N) is 1. The summed E-state index contributed by atoms with van der Waals surface area (Å²) < 4.78 is 0. The molecule has 0 heterocycles. The van der Waals surface area contributed by atoms with Crippen LogP contribution >= 0.6 is 0 Å². The van der Waals surface area contributed by atoms with E-state index in [-0.39, 0.29) is 6.54 Å². The van der Waals surface area contributed by atoms with Gasteiger partial charge in [-0.15, -0.1) is 0 Å². The largest absolute Gasteiger partial charge is 0.479 e. The van der Waals surface area contributed by atoms with Crippen molar-refractivity contribution in [1.82, 2.24) is 5.32 Å². The zero-order chi connectivity index (χ0) is 12.2. The number of hydrogen-bond donors (Lipinski definition) is 4. The number of aliphatic carboxylic acids is 1. The molecule has 0 saturated heterocycles. The Morgan fingerprint density at radius 2 is 1.87 bits per heavy atom. The van der Waals surface area contributed by atoms with E-state index in [0.29, 0.717) is 0 Å². The molecule has 0 rings (SSSR count). The third-order valence-electron chi connectivity index (χ3n) is 1.97. The highest BCUT2D eigenvalue weighted by molar-refractivity contribution is 5.83. The van der Waals surface area contributed by atoms with E-state index in [1.807, 2.05) is 0 Å². The molecule has 0 spiro atoms. The second kappa shape index (κ2) is 5.09. The fourth-order valence-corrected chi connectivity index (χ4v) is 0.788. The first kappa shape index (κ1) is 13.9. The van der Waals surface area contributed by atoms with Crippen molar-refractivity contribution < 1.29 is 19.8 Å². The third-order valence-corrected chi connectivity index (χ3v) is 1.97. The van der Waals surface area contributed by atoms with Gasteiger partial charge in [-0.05, 0) is 5.41 Å². The summed E-state index contributed by atoms with van der Waals surface area (Å²) in [5, 5.41) is 19.5. The van der Waals surface area contributed by atoms with E-state index in [0.717, 1.165) is 0 Å². The van der Waals surface area contributed by atoms with Crippen LogP contribution in [-0.4, -0.2) is 40.8 Å². The van der Waals surface area contributed by atoms with Gasteiger partial charge in [-0.1, -0.05) is 20.8 Å². The van der Waals surface area contributed by atoms with Gasteiger partial charge in [-0.25, -0.2) is 4.79 Å². The maximum atomic E-state index is 11.4. The average molecular weight is 218 g/mol. The first-order chi connectivity index (χ1) is 6.66. The maximum absolute atomic E-state index is 11.4. The molecule has 0 aromatic heterocycles. The lowest BCUT2D eigenvalue weighted by Crippen LogP contribution is -2.50. The van der Waals surface area contributed by atoms with Crippen molar-refractivity contribution in [1.29, 1.82) is 0 Å². The minimum Gasteiger partial charge on any atom is -0.479 e. The van der Waals surface area contributed by atoms with Gasteiger partial charge in [0.25, 0.3) is 0 Å². The van der Waals surface area contributed by atoms with E-state index in [1.165, 1.54) is 0 Å². The van der Waals surface area contributed by atoms with Crippen LogP contribution in [0.1, 0.15) is 20.8 Å². The normalized spacial score (nSPS) is 15.5. The molecule has 0 bridgehead atoms. The number of carbonyl (C=O) groups is 2. The predicted molar refractivity (Wildman–Crippen MR) is 54.1 cm³/mol. The van der Waals surface area contributed by atoms with Gasteiger partial charge in [0, 0.05) is 0 Å². The van der Waals surface area contributed by atoms with Gasteiger partial charge in [-0.3, -0.25) is 4.79 Å². The number of carboxylic acids is 1. The highest BCUT2D eigenvalue weighted by Crippen LogP contribution is 2.16. The van der Waals surface area contributed by atoms with E-state index in [2.05, 4.69) is 5.32 Å². The summed E-state index contributed by atoms with van der Waals surface area (Å²) in [4.78, 5) is 21.6. The van der Waals surface area contributed by atoms with E-state index in [1.54, 1.807) is 20.8 Å². The molecule has 15 heavy (non-hydrogen) atoms. The number of carbonyl (C=O) groups excluding carboxylic acids is 1. The molecule has 0 saturated carbocycles. The van der Waals surface area contributed by atoms with Crippen LogP contribution in [0, 0.1) is 5.41 Å². The minimum atomic E-state index is -1.60. The smallest absolute Gasteiger partial charge is 0.334 e. The van der Waals surface area contributed by atoms with E-state index in [9.17, 15) is 9.59 Å². The van der Waals surface area contributed by atoms with Crippen LogP contribution in [0.3, 0.4) is 0 Å². The Morgan fingerprint density at radius 3 is 2.20 bits per heavy atom. The predicted octanol–water partition coefficient (Wildman–Crippen LogP) is -1.08. The van der Waals surface area contributed by atoms with Crippen LogP contribution in [0.15, 0.2) is 0 Å². The van der Waals surface area contributed by atoms with E-state index in [4.69, 9.17) is 15.9 Å². The lowest BCUT2D eigenvalue weighted by atomic mass is 9.87. The summed E-state index contributed by atoms with van der Waals surface area (Å²) in [5.74, 6) is -1.84. The quantitative estimate of drug-likeness (QED) is 0.479. The second-order valence-electron chi connectivity index (χ2n) is 4.44. The van der Waals surface area contributed by atoms with Crippen molar-refractivity contribution in [2.24, 2.45) is 11.1 Å². The molecule has 0 aliphatic heterocycles. The Kier molecular flexibility index (Phi) is 4.70. The number of hydrogen-bond acceptors (Lipinski definition) is 4. The molecule has 88 valence electrons. The standard InChI is InChI=1S/C9H18N2O4/c1-9(2,3)6(10)7(13)11-4-5(12)8(14)15/h5-6,12H,4,10H2,1-3H3,(H,11,13)(H,14,15)/t5-,6-/m0/s1. The van der Waals surface area contributed by atoms with Crippen molar-refractivity contribution in [3.63, 3.8) is 0 Å². The third kappa shape index (κ3) is 4.75. The monoisotopic (exact) mass is 218 g/mol. The molecule has 0 fully saturated rings. The van der Waals surface area contributed by atoms with Crippen LogP contribution < -0.4 is 11.1 Å². The van der Waals surface area contributed by atoms with Crippen molar-refractivity contribution in [3.05, 3.63) is 0 Å². The Balaban J connectivity index is 4.11. The summed E-state index contributed by atoms with van der Waals surface area (Å²) in [6.45, 7) is 5.05. The Bertz CT molecular complexity index is 247. The number of aliphatic hydroxyl groups excluding tert-OH is 1. The van der Waals surface area contributed by atoms with Gasteiger partial charge in [0.05, 0.1) is 12.6 Å². The van der Waals surface area contributed by atoms with Crippen molar-refractivity contribution >= 4 is 11.9 Å². The molecule has 0 aromatic rings. The number of amides is 1. The molecule has 5 N–H and O–H groups in total. The Labute approximate surface area is 88.5 Å². The van der Waals surface area contributed by atoms with Crippen LogP contribution in [0.2, 0.25) is 0 Å². The van der Waals surface area contributed by atoms with Crippen LogP contribution in [0.25, 0.3) is 0 Å². The second-order valence-corrected chi connectivity index (χ2v) is 4.44. The molecule has 6 nitrogen and oxygen atoms in total. The Hall–Kier alpha value is -1.14. The van der Waals surface area contributed by atoms with Gasteiger partial charge in [0.15, 0.2) is 6.10 Å². The highest BCUT2D eigenvalue weighted by atomic mass is 16.4. The first-order valence-electron chi connectivity index (χ1n) is 4.60. The maximum Gasteiger partial charge on any atom is 0.334 e. The van der Waals surface area contributed by atoms with Crippen molar-refractivity contribution in [2.75, 3.05) is 6.54 Å². The fraction of sp³-hybridized carbons (Fsp3) is 0.778. The van der Waals surface area contributed by atoms with Gasteiger partial charge < -0.3 is 21.3 Å². The summed E-state index contributed by atoms with van der Waals surface area (Å²) in [6.07, 6.45) is -1.60. The number of aliphatic hydroxyl groups is 1. The number of rotatable bonds is 4. The van der Waals surface area contributed by atoms with Gasteiger partial charge >= 0.3 is 5.97 Å². The minimum absolute atomic E-state index is 0.335. The van der Waals surface area contributed by atoms with E-state index >= 15 is 0 Å². The summed E-state index contributed by atoms with van der Waals surface area (Å²) >= 11 is 0. The summed E-state index contributed by atoms with van der Waals surface area (Å²) in [6, 6.07) is -0.738. The van der Waals surface area contributed by atoms with Gasteiger partial charge in [0.2, 0.25) is 5.91 Å². The average Bonchev–Trinajstić information content (AvgIpc) is 2.10. The summed E-state index contributed by atoms with van der Waals surface area (Å²) in [5.41, 5.74) is 5.21. The van der Waals surface area contributed by atoms with Gasteiger partial charge in [-0.2, -0.15) is 0 Å². The molecule has 0 aliphatic rings. The molecule has 6 heteroatoms. The fourth-order valence-electron chi connectivity index (χ4n) is 0.788. The van der Waals surface area contributed by atoms with Crippen LogP contribution in [-0.2, 0) is 9.59 Å². The Morgan fingerprint density at radius 1 is 1.40 bits per heavy atom. The van der Waals surface area contributed by atoms with Crippen LogP contribution in [0.5, 0.6) is 0 Å². The first-order valence-corrected chi connectivity index (χ1v) is 4.60. The molecule has 2 atom stereocenters. The lowest BCUT2D eigenvalue weighted by molar-refractivity contribution is -0.146. The highest BCUT2D eigenvalue weighted by Gasteiger charge is 2.28. The topological polar surface area (TPSA) is 113 Å². The SMILES string of the molecule is CC(C)(C)[C@@H](N)C(=O)NC[C@H](O)C(=O)O. The zero-order valence-corrected chi connectivity index (χ0v) is 9.15. The molecule has 1 amide bonds. The van der Waals surface area contributed by atoms with Crippen LogP contribution in [0.4, 0.5) is 0 Å². The van der Waals surface area contributed by atoms with Crippen molar-refractivity contribution in [3.8, 4) is 0 Å².